The maximum absolute atomic E-state index is 15.7. The summed E-state index contributed by atoms with van der Waals surface area (Å²) in [6.45, 7) is 5.10. The summed E-state index contributed by atoms with van der Waals surface area (Å²) in [5, 5.41) is 10.5. The van der Waals surface area contributed by atoms with Crippen LogP contribution in [0.2, 0.25) is 0 Å². The summed E-state index contributed by atoms with van der Waals surface area (Å²) in [6.07, 6.45) is 4.79. The number of nitrogens with one attached hydrogen (secondary N) is 1. The van der Waals surface area contributed by atoms with Crippen molar-refractivity contribution in [2.24, 2.45) is 0 Å². The van der Waals surface area contributed by atoms with Crippen LogP contribution in [0.15, 0.2) is 84.0 Å². The van der Waals surface area contributed by atoms with Crippen LogP contribution in [0.5, 0.6) is 5.75 Å². The van der Waals surface area contributed by atoms with Crippen molar-refractivity contribution >= 4 is 28.4 Å². The molecular weight excluding hydrogens is 568 g/mol. The van der Waals surface area contributed by atoms with Gasteiger partial charge in [0.1, 0.15) is 11.6 Å². The molecule has 3 aromatic carbocycles. The number of halogens is 2. The smallest absolute Gasteiger partial charge is 0.405 e. The van der Waals surface area contributed by atoms with E-state index < -0.39 is 17.3 Å². The van der Waals surface area contributed by atoms with E-state index in [0.29, 0.717) is 62.6 Å². The van der Waals surface area contributed by atoms with Crippen molar-refractivity contribution in [2.45, 2.75) is 19.9 Å². The normalized spacial score (nSPS) is 13.3. The first-order valence-corrected chi connectivity index (χ1v) is 14.4. The molecule has 0 radical (unpaired) electrons. The van der Waals surface area contributed by atoms with Gasteiger partial charge in [0.2, 0.25) is 5.43 Å². The molecule has 3 heterocycles. The van der Waals surface area contributed by atoms with E-state index in [1.165, 1.54) is 24.4 Å². The van der Waals surface area contributed by atoms with Crippen molar-refractivity contribution in [2.75, 3.05) is 42.5 Å². The highest BCUT2D eigenvalue weighted by atomic mass is 19.1. The van der Waals surface area contributed by atoms with Gasteiger partial charge in [-0.15, -0.1) is 5.10 Å². The number of benzene rings is 3. The van der Waals surface area contributed by atoms with E-state index in [-0.39, 0.29) is 17.0 Å². The highest BCUT2D eigenvalue weighted by molar-refractivity contribution is 5.86. The number of fused-ring (bicyclic) bond motifs is 1. The SMILES string of the molecule is CCCNC(=O)Oc1cn(-c2ccc(Cn3ccnn3)cc2)c2cc(N3CCN(c4ccc(F)cc4)CC3)c(F)cc2c1=O. The Hall–Kier alpha value is -5.26. The lowest BCUT2D eigenvalue weighted by Gasteiger charge is -2.37. The molecule has 6 rings (SSSR count). The van der Waals surface area contributed by atoms with Crippen LogP contribution in [-0.2, 0) is 6.54 Å². The molecule has 1 amide bonds. The van der Waals surface area contributed by atoms with E-state index in [1.54, 1.807) is 39.8 Å². The summed E-state index contributed by atoms with van der Waals surface area (Å²) in [6, 6.07) is 16.8. The standard InChI is InChI=1S/C32H31F2N7O3/c1-2-11-35-32(43)44-30-21-41(25-7-3-22(4-8-25)20-40-13-12-36-37-40)28-19-29(27(34)18-26(28)31(30)42)39-16-14-38(15-17-39)24-9-5-23(33)6-10-24/h3-10,12-13,18-19,21H,2,11,14-17,20H2,1H3,(H,35,43). The highest BCUT2D eigenvalue weighted by Crippen LogP contribution is 2.30. The van der Waals surface area contributed by atoms with Crippen molar-refractivity contribution in [1.29, 1.82) is 0 Å². The lowest BCUT2D eigenvalue weighted by Crippen LogP contribution is -2.46. The molecular formula is C32H31F2N7O3. The molecule has 12 heteroatoms. The highest BCUT2D eigenvalue weighted by Gasteiger charge is 2.23. The third-order valence-electron chi connectivity index (χ3n) is 7.60. The molecule has 5 aromatic rings. The fourth-order valence-corrected chi connectivity index (χ4v) is 5.33. The van der Waals surface area contributed by atoms with Gasteiger partial charge < -0.3 is 24.4 Å². The van der Waals surface area contributed by atoms with Crippen LogP contribution < -0.4 is 25.3 Å². The maximum atomic E-state index is 15.7. The minimum Gasteiger partial charge on any atom is -0.405 e. The number of pyridine rings is 1. The van der Waals surface area contributed by atoms with E-state index in [2.05, 4.69) is 20.5 Å². The van der Waals surface area contributed by atoms with E-state index in [0.717, 1.165) is 11.3 Å². The van der Waals surface area contributed by atoms with Gasteiger partial charge >= 0.3 is 6.09 Å². The molecule has 44 heavy (non-hydrogen) atoms. The summed E-state index contributed by atoms with van der Waals surface area (Å²) in [5.74, 6) is -1.05. The van der Waals surface area contributed by atoms with Crippen LogP contribution in [0.1, 0.15) is 18.9 Å². The number of hydrogen-bond acceptors (Lipinski definition) is 7. The number of piperazine rings is 1. The second-order valence-electron chi connectivity index (χ2n) is 10.5. The average Bonchev–Trinajstić information content (AvgIpc) is 3.55. The van der Waals surface area contributed by atoms with Gasteiger partial charge in [0.05, 0.1) is 35.5 Å². The Bertz CT molecular complexity index is 1820. The Labute approximate surface area is 252 Å². The summed E-state index contributed by atoms with van der Waals surface area (Å²) in [7, 11) is 0. The lowest BCUT2D eigenvalue weighted by molar-refractivity contribution is 0.200. The summed E-state index contributed by atoms with van der Waals surface area (Å²) in [4.78, 5) is 29.9. The van der Waals surface area contributed by atoms with Crippen LogP contribution in [-0.4, -0.2) is 58.4 Å². The zero-order chi connectivity index (χ0) is 30.6. The van der Waals surface area contributed by atoms with Crippen molar-refractivity contribution in [3.05, 3.63) is 107 Å². The zero-order valence-corrected chi connectivity index (χ0v) is 24.1. The Balaban J connectivity index is 1.36. The monoisotopic (exact) mass is 599 g/mol. The van der Waals surface area contributed by atoms with Crippen molar-refractivity contribution in [3.63, 3.8) is 0 Å². The first-order valence-electron chi connectivity index (χ1n) is 14.4. The van der Waals surface area contributed by atoms with Gasteiger partial charge in [0.25, 0.3) is 0 Å². The van der Waals surface area contributed by atoms with Crippen molar-refractivity contribution in [3.8, 4) is 11.4 Å². The minimum absolute atomic E-state index is 0.0867. The quantitative estimate of drug-likeness (QED) is 0.275. The summed E-state index contributed by atoms with van der Waals surface area (Å²) in [5.41, 5.74) is 2.82. The maximum Gasteiger partial charge on any atom is 0.412 e. The molecule has 0 spiro atoms. The van der Waals surface area contributed by atoms with Crippen LogP contribution in [0, 0.1) is 11.6 Å². The van der Waals surface area contributed by atoms with Crippen LogP contribution in [0.4, 0.5) is 25.0 Å². The van der Waals surface area contributed by atoms with Crippen LogP contribution in [0.25, 0.3) is 16.6 Å². The number of hydrogen-bond donors (Lipinski definition) is 1. The summed E-state index contributed by atoms with van der Waals surface area (Å²) < 4.78 is 37.9. The van der Waals surface area contributed by atoms with Crippen LogP contribution in [0.3, 0.4) is 0 Å². The predicted molar refractivity (Wildman–Crippen MR) is 164 cm³/mol. The minimum atomic E-state index is -0.755. The van der Waals surface area contributed by atoms with Gasteiger partial charge in [0, 0.05) is 50.3 Å². The van der Waals surface area contributed by atoms with Gasteiger partial charge in [-0.3, -0.25) is 4.79 Å². The second kappa shape index (κ2) is 12.5. The number of ether oxygens (including phenoxy) is 1. The molecule has 1 fully saturated rings. The average molecular weight is 600 g/mol. The Morgan fingerprint density at radius 1 is 0.955 bits per heavy atom. The molecule has 1 aliphatic rings. The molecule has 0 saturated carbocycles. The number of carbonyl (C=O) groups excluding carboxylic acids is 1. The topological polar surface area (TPSA) is 97.5 Å². The number of nitrogens with zero attached hydrogens (tertiary/aromatic N) is 6. The molecule has 1 N–H and O–H groups in total. The third-order valence-corrected chi connectivity index (χ3v) is 7.60. The Kier molecular flexibility index (Phi) is 8.22. The fraction of sp³-hybridized carbons (Fsp3) is 0.250. The number of aromatic nitrogens is 4. The van der Waals surface area contributed by atoms with E-state index in [9.17, 15) is 14.0 Å². The largest absolute Gasteiger partial charge is 0.412 e. The second-order valence-corrected chi connectivity index (χ2v) is 10.5. The van der Waals surface area contributed by atoms with Gasteiger partial charge in [-0.2, -0.15) is 0 Å². The number of amides is 1. The predicted octanol–water partition coefficient (Wildman–Crippen LogP) is 4.73. The molecule has 0 bridgehead atoms. The number of anilines is 2. The Morgan fingerprint density at radius 2 is 1.66 bits per heavy atom. The molecule has 1 saturated heterocycles. The molecule has 0 atom stereocenters. The van der Waals surface area contributed by atoms with Crippen LogP contribution >= 0.6 is 0 Å². The first kappa shape index (κ1) is 28.8. The lowest BCUT2D eigenvalue weighted by atomic mass is 10.1. The van der Waals surface area contributed by atoms with E-state index >= 15 is 4.39 Å². The van der Waals surface area contributed by atoms with Gasteiger partial charge in [-0.1, -0.05) is 24.3 Å². The van der Waals surface area contributed by atoms with E-state index in [1.807, 2.05) is 36.1 Å². The molecule has 226 valence electrons. The van der Waals surface area contributed by atoms with Gasteiger partial charge in [-0.05, 0) is 60.5 Å². The van der Waals surface area contributed by atoms with Gasteiger partial charge in [-0.25, -0.2) is 18.3 Å². The zero-order valence-electron chi connectivity index (χ0n) is 24.1. The summed E-state index contributed by atoms with van der Waals surface area (Å²) >= 11 is 0. The molecule has 0 unspecified atom stereocenters. The number of carbonyl (C=O) groups is 1. The molecule has 2 aromatic heterocycles. The third kappa shape index (κ3) is 6.10. The van der Waals surface area contributed by atoms with Gasteiger partial charge in [0.15, 0.2) is 5.75 Å². The number of rotatable bonds is 8. The Morgan fingerprint density at radius 3 is 2.34 bits per heavy atom. The fourth-order valence-electron chi connectivity index (χ4n) is 5.33. The molecule has 0 aliphatic carbocycles. The van der Waals surface area contributed by atoms with Crippen molar-refractivity contribution < 1.29 is 18.3 Å². The van der Waals surface area contributed by atoms with E-state index in [4.69, 9.17) is 4.74 Å². The molecule has 10 nitrogen and oxygen atoms in total. The van der Waals surface area contributed by atoms with Crippen molar-refractivity contribution in [1.82, 2.24) is 24.9 Å². The molecule has 1 aliphatic heterocycles. The first-order chi connectivity index (χ1) is 21.4.